The van der Waals surface area contributed by atoms with Crippen molar-refractivity contribution in [3.8, 4) is 0 Å². The highest BCUT2D eigenvalue weighted by Crippen LogP contribution is 2.18. The Labute approximate surface area is 225 Å². The highest BCUT2D eigenvalue weighted by Gasteiger charge is 2.10. The van der Waals surface area contributed by atoms with Crippen molar-refractivity contribution in [2.24, 2.45) is 0 Å². The van der Waals surface area contributed by atoms with Crippen LogP contribution in [0.4, 0.5) is 0 Å². The maximum absolute atomic E-state index is 2.55. The summed E-state index contributed by atoms with van der Waals surface area (Å²) in [6, 6.07) is 0. The van der Waals surface area contributed by atoms with Crippen LogP contribution in [-0.2, 0) is 0 Å². The first-order valence-corrected chi connectivity index (χ1v) is 16.1. The van der Waals surface area contributed by atoms with Crippen LogP contribution in [0.3, 0.4) is 0 Å². The zero-order valence-electron chi connectivity index (χ0n) is 23.7. The lowest BCUT2D eigenvalue weighted by Gasteiger charge is -2.28. The van der Waals surface area contributed by atoms with Crippen LogP contribution in [0.1, 0.15) is 141 Å². The number of fused-ring (bicyclic) bond motifs is 2. The van der Waals surface area contributed by atoms with Gasteiger partial charge in [0.05, 0.1) is 12.7 Å². The van der Waals surface area contributed by atoms with E-state index in [1.165, 1.54) is 167 Å². The Kier molecular flexibility index (Phi) is 15.9. The Bertz CT molecular complexity index is 671. The molecule has 0 aromatic heterocycles. The molecule has 3 heterocycles. The van der Waals surface area contributed by atoms with E-state index >= 15 is 0 Å². The Morgan fingerprint density at radius 3 is 1.94 bits per heavy atom. The topological polar surface area (TPSA) is 7.45 Å². The molecule has 0 aliphatic carbocycles. The summed E-state index contributed by atoms with van der Waals surface area (Å²) in [5, 5.41) is 0. The molecule has 3 aliphatic rings. The van der Waals surface area contributed by atoms with E-state index in [0.29, 0.717) is 0 Å². The van der Waals surface area contributed by atoms with Crippen molar-refractivity contribution in [1.29, 1.82) is 0 Å². The maximum Gasteiger partial charge on any atom is 0.123 e. The van der Waals surface area contributed by atoms with Gasteiger partial charge in [0.2, 0.25) is 0 Å². The van der Waals surface area contributed by atoms with E-state index in [1.807, 2.05) is 0 Å². The molecule has 1 atom stereocenters. The second-order valence-electron chi connectivity index (χ2n) is 11.8. The number of hydrogen-bond acceptors (Lipinski definition) is 0. The molecule has 36 heavy (non-hydrogen) atoms. The molecule has 0 radical (unpaired) electrons. The number of quaternary nitrogens is 1. The van der Waals surface area contributed by atoms with Crippen LogP contribution >= 0.6 is 0 Å². The molecule has 2 heteroatoms. The van der Waals surface area contributed by atoms with Crippen LogP contribution in [-0.4, -0.2) is 30.4 Å². The maximum atomic E-state index is 2.55. The number of nitrogens with one attached hydrogen (secondary N) is 1. The second-order valence-corrected chi connectivity index (χ2v) is 11.8. The minimum atomic E-state index is 1.19. The van der Waals surface area contributed by atoms with Gasteiger partial charge in [-0.1, -0.05) is 102 Å². The SMILES string of the molecule is C1=C[C-]2C=[N+]([CH-]1)CCCCCCCCCCCCC1=C[NH+](CC=C1)CCCCCCCCCCCC2. The van der Waals surface area contributed by atoms with Crippen LogP contribution in [0.25, 0.3) is 0 Å². The van der Waals surface area contributed by atoms with Crippen molar-refractivity contribution in [3.05, 3.63) is 48.5 Å². The third kappa shape index (κ3) is 13.8. The minimum absolute atomic E-state index is 1.19. The second kappa shape index (κ2) is 19.7. The van der Waals surface area contributed by atoms with E-state index in [9.17, 15) is 0 Å². The quantitative estimate of drug-likeness (QED) is 0.256. The fourth-order valence-electron chi connectivity index (χ4n) is 6.06. The molecule has 3 rings (SSSR count). The molecule has 0 saturated heterocycles. The predicted octanol–water partition coefficient (Wildman–Crippen LogP) is 8.31. The molecule has 4 bridgehead atoms. The Hall–Kier alpha value is -1.41. The largest absolute Gasteiger partial charge is 0.343 e. The average Bonchev–Trinajstić information content (AvgIpc) is 2.90. The number of allylic oxidation sites excluding steroid dienone is 3. The van der Waals surface area contributed by atoms with Crippen molar-refractivity contribution < 1.29 is 9.48 Å². The summed E-state index contributed by atoms with van der Waals surface area (Å²) in [6.45, 7) is 5.99. The summed E-state index contributed by atoms with van der Waals surface area (Å²) in [5.74, 6) is 1.53. The van der Waals surface area contributed by atoms with E-state index in [1.54, 1.807) is 10.5 Å². The van der Waals surface area contributed by atoms with E-state index < -0.39 is 0 Å². The third-order valence-electron chi connectivity index (χ3n) is 8.37. The Balaban J connectivity index is 1.33. The standard InChI is InChI=1S/C34H57N2/c1-3-7-11-15-19-27-35-29-22-26-34(32-35)24-18-14-10-6-2-4-8-12-16-20-28-36-30-21-25-33(31-36)23-17-13-9-5-1/h21-22,25-26,29,31-32H,1-20,23-24,27-28,30H2/q-1/p+1. The zero-order valence-corrected chi connectivity index (χ0v) is 23.7. The predicted molar refractivity (Wildman–Crippen MR) is 157 cm³/mol. The van der Waals surface area contributed by atoms with Crippen LogP contribution < -0.4 is 4.90 Å². The van der Waals surface area contributed by atoms with E-state index in [2.05, 4.69) is 47.8 Å². The van der Waals surface area contributed by atoms with Crippen molar-refractivity contribution in [1.82, 2.24) is 0 Å². The van der Waals surface area contributed by atoms with Crippen molar-refractivity contribution in [3.63, 3.8) is 0 Å². The fourth-order valence-corrected chi connectivity index (χ4v) is 6.06. The first-order chi connectivity index (χ1) is 17.9. The molecule has 0 aromatic rings. The summed E-state index contributed by atoms with van der Waals surface area (Å²) in [4.78, 5) is 1.69. The average molecular weight is 495 g/mol. The van der Waals surface area contributed by atoms with Gasteiger partial charge in [0.25, 0.3) is 0 Å². The monoisotopic (exact) mass is 494 g/mol. The molecule has 0 fully saturated rings. The van der Waals surface area contributed by atoms with Crippen LogP contribution in [0.15, 0.2) is 36.1 Å². The molecular weight excluding hydrogens is 436 g/mol. The Morgan fingerprint density at radius 2 is 1.25 bits per heavy atom. The molecule has 1 unspecified atom stereocenters. The van der Waals surface area contributed by atoms with Gasteiger partial charge >= 0.3 is 0 Å². The molecule has 1 N–H and O–H groups in total. The van der Waals surface area contributed by atoms with Crippen LogP contribution in [0.2, 0.25) is 0 Å². The molecule has 0 spiro atoms. The first-order valence-electron chi connectivity index (χ1n) is 16.1. The molecule has 2 nitrogen and oxygen atoms in total. The summed E-state index contributed by atoms with van der Waals surface area (Å²) >= 11 is 0. The van der Waals surface area contributed by atoms with Gasteiger partial charge in [0, 0.05) is 12.0 Å². The third-order valence-corrected chi connectivity index (χ3v) is 8.37. The van der Waals surface area contributed by atoms with E-state index in [4.69, 9.17) is 0 Å². The lowest BCUT2D eigenvalue weighted by molar-refractivity contribution is -0.841. The van der Waals surface area contributed by atoms with Crippen molar-refractivity contribution in [2.75, 3.05) is 19.6 Å². The van der Waals surface area contributed by atoms with Crippen molar-refractivity contribution in [2.45, 2.75) is 141 Å². The fraction of sp³-hybridized carbons (Fsp3) is 0.735. The van der Waals surface area contributed by atoms with Gasteiger partial charge in [0.15, 0.2) is 0 Å². The summed E-state index contributed by atoms with van der Waals surface area (Å²) in [5.41, 5.74) is 1.60. The lowest BCUT2D eigenvalue weighted by atomic mass is 9.98. The van der Waals surface area contributed by atoms with Crippen LogP contribution in [0.5, 0.6) is 0 Å². The van der Waals surface area contributed by atoms with Gasteiger partial charge in [-0.2, -0.15) is 0 Å². The molecule has 3 aliphatic heterocycles. The van der Waals surface area contributed by atoms with Gasteiger partial charge in [-0.05, 0) is 50.9 Å². The van der Waals surface area contributed by atoms with Crippen LogP contribution in [0, 0.1) is 12.5 Å². The minimum Gasteiger partial charge on any atom is -0.343 e. The molecule has 0 aromatic carbocycles. The number of rotatable bonds is 0. The van der Waals surface area contributed by atoms with Crippen molar-refractivity contribution >= 4 is 6.21 Å². The molecule has 0 saturated carbocycles. The number of hydrogen-bond donors (Lipinski definition) is 1. The summed E-state index contributed by atoms with van der Waals surface area (Å²) in [7, 11) is 0. The first kappa shape index (κ1) is 29.2. The van der Waals surface area contributed by atoms with Gasteiger partial charge < -0.3 is 15.6 Å². The van der Waals surface area contributed by atoms with E-state index in [0.717, 1.165) is 0 Å². The van der Waals surface area contributed by atoms with E-state index in [-0.39, 0.29) is 0 Å². The Morgan fingerprint density at radius 1 is 0.667 bits per heavy atom. The normalized spacial score (nSPS) is 25.8. The van der Waals surface area contributed by atoms with Gasteiger partial charge in [0.1, 0.15) is 13.1 Å². The molecular formula is C34H58N2. The summed E-state index contributed by atoms with van der Waals surface area (Å²) < 4.78 is 2.44. The van der Waals surface area contributed by atoms with Gasteiger partial charge in [-0.15, -0.1) is 6.42 Å². The number of nitrogens with zero attached hydrogens (tertiary/aromatic N) is 1. The molecule has 204 valence electrons. The summed E-state index contributed by atoms with van der Waals surface area (Å²) in [6.07, 6.45) is 45.2. The zero-order chi connectivity index (χ0) is 24.9. The highest BCUT2D eigenvalue weighted by atomic mass is 15.1. The smallest absolute Gasteiger partial charge is 0.123 e. The van der Waals surface area contributed by atoms with Gasteiger partial charge in [-0.25, -0.2) is 5.92 Å². The van der Waals surface area contributed by atoms with Gasteiger partial charge in [-0.3, -0.25) is 6.08 Å². The highest BCUT2D eigenvalue weighted by molar-refractivity contribution is 5.74. The lowest BCUT2D eigenvalue weighted by Crippen LogP contribution is -3.07. The molecule has 0 amide bonds.